The molecule has 12 heteroatoms. The van der Waals surface area contributed by atoms with Crippen molar-refractivity contribution in [1.29, 1.82) is 0 Å². The fourth-order valence-corrected chi connectivity index (χ4v) is 7.10. The molecule has 0 radical (unpaired) electrons. The number of carbonyl (C=O) groups is 1. The van der Waals surface area contributed by atoms with Crippen LogP contribution < -0.4 is 14.8 Å². The van der Waals surface area contributed by atoms with Crippen LogP contribution >= 0.6 is 23.2 Å². The Morgan fingerprint density at radius 1 is 0.643 bits per heavy atom. The van der Waals surface area contributed by atoms with Crippen LogP contribution in [0.4, 0.5) is 11.4 Å². The Hall–Kier alpha value is -1.85. The van der Waals surface area contributed by atoms with E-state index in [1.165, 1.54) is 108 Å². The second-order valence-corrected chi connectivity index (χ2v) is 14.8. The van der Waals surface area contributed by atoms with Crippen LogP contribution in [0, 0.1) is 0 Å². The Morgan fingerprint density at radius 3 is 1.57 bits per heavy atom. The van der Waals surface area contributed by atoms with Gasteiger partial charge in [0.25, 0.3) is 10.0 Å². The molecule has 0 aromatic heterocycles. The SMILES string of the molecule is CCCCCCCCCCCCCCCCNS(=O)(=O)c1ccc(Cl)c(NS(=O)(=O)c2ccc(Cl)c(NC(C)=O)c2)c1. The maximum absolute atomic E-state index is 13.0. The van der Waals surface area contributed by atoms with E-state index in [0.717, 1.165) is 25.7 Å². The monoisotopic (exact) mass is 661 g/mol. The zero-order chi connectivity index (χ0) is 31.0. The summed E-state index contributed by atoms with van der Waals surface area (Å²) in [4.78, 5) is 11.1. The highest BCUT2D eigenvalue weighted by molar-refractivity contribution is 7.92. The molecule has 2 rings (SSSR count). The average Bonchev–Trinajstić information content (AvgIpc) is 2.92. The van der Waals surface area contributed by atoms with E-state index in [1.807, 2.05) is 0 Å². The minimum atomic E-state index is -4.18. The van der Waals surface area contributed by atoms with E-state index in [2.05, 4.69) is 21.7 Å². The van der Waals surface area contributed by atoms with Crippen molar-refractivity contribution < 1.29 is 21.6 Å². The normalized spacial score (nSPS) is 11.9. The Morgan fingerprint density at radius 2 is 1.07 bits per heavy atom. The highest BCUT2D eigenvalue weighted by Crippen LogP contribution is 2.30. The van der Waals surface area contributed by atoms with Crippen molar-refractivity contribution in [2.24, 2.45) is 0 Å². The molecule has 2 aromatic carbocycles. The summed E-state index contributed by atoms with van der Waals surface area (Å²) in [7, 11) is -8.05. The number of halogens is 2. The van der Waals surface area contributed by atoms with Gasteiger partial charge in [0.1, 0.15) is 0 Å². The van der Waals surface area contributed by atoms with Crippen molar-refractivity contribution in [3.05, 3.63) is 46.4 Å². The third kappa shape index (κ3) is 13.2. The van der Waals surface area contributed by atoms with Crippen molar-refractivity contribution in [2.45, 2.75) is 114 Å². The van der Waals surface area contributed by atoms with Crippen molar-refractivity contribution in [3.63, 3.8) is 0 Å². The predicted octanol–water partition coefficient (Wildman–Crippen LogP) is 8.51. The number of amides is 1. The molecule has 3 N–H and O–H groups in total. The molecule has 0 bridgehead atoms. The molecule has 0 unspecified atom stereocenters. The predicted molar refractivity (Wildman–Crippen MR) is 174 cm³/mol. The highest BCUT2D eigenvalue weighted by atomic mass is 35.5. The number of anilines is 2. The smallest absolute Gasteiger partial charge is 0.262 e. The third-order valence-corrected chi connectivity index (χ3v) is 10.4. The van der Waals surface area contributed by atoms with Gasteiger partial charge in [-0.25, -0.2) is 21.6 Å². The molecule has 42 heavy (non-hydrogen) atoms. The van der Waals surface area contributed by atoms with Gasteiger partial charge in [0.2, 0.25) is 15.9 Å². The fraction of sp³-hybridized carbons (Fsp3) is 0.567. The summed E-state index contributed by atoms with van der Waals surface area (Å²) in [5.41, 5.74) is 0.0363. The molecule has 0 saturated carbocycles. The standard InChI is InChI=1S/C30H45Cl2N3O5S2/c1-3-4-5-6-7-8-9-10-11-12-13-14-15-16-21-33-41(37,38)25-17-20-28(32)30(23-25)35-42(39,40)26-18-19-27(31)29(22-26)34-24(2)36/h17-20,22-23,33,35H,3-16,21H2,1-2H3,(H,34,36). The van der Waals surface area contributed by atoms with Crippen LogP contribution in [0.25, 0.3) is 0 Å². The lowest BCUT2D eigenvalue weighted by molar-refractivity contribution is -0.114. The van der Waals surface area contributed by atoms with Gasteiger partial charge in [-0.15, -0.1) is 0 Å². The lowest BCUT2D eigenvalue weighted by Gasteiger charge is -2.13. The quantitative estimate of drug-likeness (QED) is 0.116. The summed E-state index contributed by atoms with van der Waals surface area (Å²) in [6, 6.07) is 7.64. The van der Waals surface area contributed by atoms with Crippen molar-refractivity contribution in [2.75, 3.05) is 16.6 Å². The number of sulfonamides is 2. The first-order valence-electron chi connectivity index (χ1n) is 14.9. The summed E-state index contributed by atoms with van der Waals surface area (Å²) < 4.78 is 56.7. The van der Waals surface area contributed by atoms with Crippen LogP contribution in [0.15, 0.2) is 46.2 Å². The molecule has 2 aromatic rings. The van der Waals surface area contributed by atoms with Gasteiger partial charge in [0.05, 0.1) is 31.2 Å². The molecule has 0 aliphatic rings. The number of unbranched alkanes of at least 4 members (excludes halogenated alkanes) is 13. The summed E-state index contributed by atoms with van der Waals surface area (Å²) in [6.07, 6.45) is 17.0. The van der Waals surface area contributed by atoms with Crippen LogP contribution in [-0.4, -0.2) is 29.3 Å². The number of hydrogen-bond acceptors (Lipinski definition) is 5. The van der Waals surface area contributed by atoms with Gasteiger partial charge in [-0.1, -0.05) is 114 Å². The minimum absolute atomic E-state index is 0.0283. The van der Waals surface area contributed by atoms with Gasteiger partial charge in [0.15, 0.2) is 0 Å². The summed E-state index contributed by atoms with van der Waals surface area (Å²) in [5.74, 6) is -0.415. The zero-order valence-electron chi connectivity index (χ0n) is 24.7. The number of nitrogens with one attached hydrogen (secondary N) is 3. The average molecular weight is 663 g/mol. The van der Waals surface area contributed by atoms with Crippen LogP contribution in [0.3, 0.4) is 0 Å². The van der Waals surface area contributed by atoms with Gasteiger partial charge >= 0.3 is 0 Å². The number of benzene rings is 2. The van der Waals surface area contributed by atoms with Gasteiger partial charge in [0, 0.05) is 13.5 Å². The molecule has 0 fully saturated rings. The molecule has 0 spiro atoms. The summed E-state index contributed by atoms with van der Waals surface area (Å²) in [6.45, 7) is 3.81. The number of carbonyl (C=O) groups excluding carboxylic acids is 1. The van der Waals surface area contributed by atoms with Crippen molar-refractivity contribution in [3.8, 4) is 0 Å². The van der Waals surface area contributed by atoms with Crippen molar-refractivity contribution in [1.82, 2.24) is 4.72 Å². The summed E-state index contributed by atoms with van der Waals surface area (Å²) >= 11 is 12.2. The molecule has 1 amide bonds. The van der Waals surface area contributed by atoms with Crippen molar-refractivity contribution >= 4 is 60.5 Å². The van der Waals surface area contributed by atoms with E-state index in [9.17, 15) is 21.6 Å². The molecular weight excluding hydrogens is 617 g/mol. The Balaban J connectivity index is 1.79. The lowest BCUT2D eigenvalue weighted by Crippen LogP contribution is -2.25. The Kier molecular flexibility index (Phi) is 16.2. The second-order valence-electron chi connectivity index (χ2n) is 10.6. The fourth-order valence-electron chi connectivity index (χ4n) is 4.52. The maximum Gasteiger partial charge on any atom is 0.262 e. The maximum atomic E-state index is 13.0. The molecule has 0 saturated heterocycles. The van der Waals surface area contributed by atoms with Gasteiger partial charge in [-0.2, -0.15) is 0 Å². The van der Waals surface area contributed by atoms with E-state index in [-0.39, 0.29) is 31.2 Å². The van der Waals surface area contributed by atoms with E-state index < -0.39 is 26.0 Å². The number of rotatable bonds is 21. The van der Waals surface area contributed by atoms with Crippen LogP contribution in [0.1, 0.15) is 104 Å². The van der Waals surface area contributed by atoms with Gasteiger partial charge < -0.3 is 5.32 Å². The first kappa shape index (κ1) is 36.3. The largest absolute Gasteiger partial charge is 0.325 e. The van der Waals surface area contributed by atoms with Crippen LogP contribution in [-0.2, 0) is 24.8 Å². The zero-order valence-corrected chi connectivity index (χ0v) is 27.8. The van der Waals surface area contributed by atoms with E-state index in [4.69, 9.17) is 23.2 Å². The molecule has 0 aliphatic heterocycles. The van der Waals surface area contributed by atoms with Gasteiger partial charge in [-0.05, 0) is 42.8 Å². The topological polar surface area (TPSA) is 121 Å². The van der Waals surface area contributed by atoms with Gasteiger partial charge in [-0.3, -0.25) is 9.52 Å². The first-order chi connectivity index (χ1) is 20.0. The van der Waals surface area contributed by atoms with E-state index >= 15 is 0 Å². The second kappa shape index (κ2) is 18.7. The molecule has 8 nitrogen and oxygen atoms in total. The Bertz CT molecular complexity index is 1350. The molecular formula is C30H45Cl2N3O5S2. The third-order valence-electron chi connectivity index (χ3n) is 6.87. The Labute approximate surface area is 262 Å². The van der Waals surface area contributed by atoms with Crippen LogP contribution in [0.5, 0.6) is 0 Å². The van der Waals surface area contributed by atoms with E-state index in [1.54, 1.807) is 0 Å². The first-order valence-corrected chi connectivity index (χ1v) is 18.6. The molecule has 0 atom stereocenters. The minimum Gasteiger partial charge on any atom is -0.325 e. The highest BCUT2D eigenvalue weighted by Gasteiger charge is 2.21. The summed E-state index contributed by atoms with van der Waals surface area (Å²) in [5, 5.41) is 2.66. The van der Waals surface area contributed by atoms with Crippen LogP contribution in [0.2, 0.25) is 10.0 Å². The molecule has 236 valence electrons. The van der Waals surface area contributed by atoms with E-state index in [0.29, 0.717) is 6.54 Å². The molecule has 0 heterocycles. The lowest BCUT2D eigenvalue weighted by atomic mass is 10.0. The molecule has 0 aliphatic carbocycles. The number of hydrogen-bond donors (Lipinski definition) is 3.